The summed E-state index contributed by atoms with van der Waals surface area (Å²) < 4.78 is 0. The van der Waals surface area contributed by atoms with E-state index in [9.17, 15) is 9.59 Å². The Hall–Kier alpha value is -1.76. The highest BCUT2D eigenvalue weighted by Gasteiger charge is 2.14. The first kappa shape index (κ1) is 15.6. The minimum Gasteiger partial charge on any atom is -0.481 e. The van der Waals surface area contributed by atoms with Gasteiger partial charge in [0.05, 0.1) is 24.0 Å². The standard InChI is InChI=1S/C14H19N3O3S/c18-13(19)7-10-4-5-11(8-15-10)17-14(20)16-9-12-3-1-2-6-21-12/h4-5,8,12H,1-3,6-7,9H2,(H,18,19)(H2,16,17,20). The Morgan fingerprint density at radius 3 is 2.86 bits per heavy atom. The first-order valence-electron chi connectivity index (χ1n) is 6.96. The van der Waals surface area contributed by atoms with Gasteiger partial charge >= 0.3 is 12.0 Å². The molecule has 0 bridgehead atoms. The lowest BCUT2D eigenvalue weighted by Crippen LogP contribution is -2.35. The number of nitrogens with zero attached hydrogens (tertiary/aromatic N) is 1. The van der Waals surface area contributed by atoms with Crippen molar-refractivity contribution in [3.05, 3.63) is 24.0 Å². The van der Waals surface area contributed by atoms with E-state index in [-0.39, 0.29) is 12.5 Å². The minimum atomic E-state index is -0.925. The maximum absolute atomic E-state index is 11.8. The number of carbonyl (C=O) groups excluding carboxylic acids is 1. The van der Waals surface area contributed by atoms with E-state index in [1.165, 1.54) is 24.8 Å². The van der Waals surface area contributed by atoms with Crippen LogP contribution in [0.1, 0.15) is 25.0 Å². The first-order valence-corrected chi connectivity index (χ1v) is 8.01. The average Bonchev–Trinajstić information content (AvgIpc) is 2.48. The van der Waals surface area contributed by atoms with E-state index in [0.717, 1.165) is 6.42 Å². The van der Waals surface area contributed by atoms with Crippen molar-refractivity contribution in [2.75, 3.05) is 17.6 Å². The Morgan fingerprint density at radius 2 is 2.24 bits per heavy atom. The molecule has 1 aromatic rings. The summed E-state index contributed by atoms with van der Waals surface area (Å²) >= 11 is 1.91. The van der Waals surface area contributed by atoms with Crippen LogP contribution in [0.4, 0.5) is 10.5 Å². The number of anilines is 1. The van der Waals surface area contributed by atoms with Crippen molar-refractivity contribution < 1.29 is 14.7 Å². The van der Waals surface area contributed by atoms with Crippen LogP contribution in [0.5, 0.6) is 0 Å². The highest BCUT2D eigenvalue weighted by Crippen LogP contribution is 2.24. The number of urea groups is 1. The number of thioether (sulfide) groups is 1. The Labute approximate surface area is 127 Å². The fourth-order valence-electron chi connectivity index (χ4n) is 2.11. The monoisotopic (exact) mass is 309 g/mol. The molecule has 7 heteroatoms. The second-order valence-electron chi connectivity index (χ2n) is 4.93. The summed E-state index contributed by atoms with van der Waals surface area (Å²) in [6.07, 6.45) is 4.99. The molecule has 1 saturated heterocycles. The van der Waals surface area contributed by atoms with E-state index in [2.05, 4.69) is 15.6 Å². The molecule has 3 N–H and O–H groups in total. The number of aromatic nitrogens is 1. The van der Waals surface area contributed by atoms with Crippen LogP contribution in [0, 0.1) is 0 Å². The number of nitrogens with one attached hydrogen (secondary N) is 2. The number of aliphatic carboxylic acids is 1. The molecule has 0 aliphatic carbocycles. The molecule has 114 valence electrons. The van der Waals surface area contributed by atoms with Gasteiger partial charge in [-0.25, -0.2) is 4.79 Å². The lowest BCUT2D eigenvalue weighted by atomic mass is 10.2. The van der Waals surface area contributed by atoms with Gasteiger partial charge in [0.2, 0.25) is 0 Å². The molecule has 0 radical (unpaired) electrons. The molecule has 0 spiro atoms. The predicted octanol–water partition coefficient (Wildman–Crippen LogP) is 2.12. The molecule has 1 unspecified atom stereocenters. The van der Waals surface area contributed by atoms with Crippen molar-refractivity contribution >= 4 is 29.4 Å². The van der Waals surface area contributed by atoms with Crippen LogP contribution < -0.4 is 10.6 Å². The summed E-state index contributed by atoms with van der Waals surface area (Å²) in [4.78, 5) is 26.3. The zero-order chi connectivity index (χ0) is 15.1. The van der Waals surface area contributed by atoms with Gasteiger partial charge in [-0.05, 0) is 30.7 Å². The van der Waals surface area contributed by atoms with Crippen molar-refractivity contribution in [2.45, 2.75) is 30.9 Å². The Kier molecular flexibility index (Phi) is 5.86. The fraction of sp³-hybridized carbons (Fsp3) is 0.500. The molecule has 21 heavy (non-hydrogen) atoms. The van der Waals surface area contributed by atoms with Gasteiger partial charge in [0.1, 0.15) is 0 Å². The van der Waals surface area contributed by atoms with E-state index in [1.54, 1.807) is 12.1 Å². The maximum atomic E-state index is 11.8. The third-order valence-electron chi connectivity index (χ3n) is 3.18. The van der Waals surface area contributed by atoms with Crippen LogP contribution in [0.25, 0.3) is 0 Å². The topological polar surface area (TPSA) is 91.3 Å². The molecule has 0 aromatic carbocycles. The number of carboxylic acid groups (broad SMARTS) is 1. The van der Waals surface area contributed by atoms with Crippen LogP contribution in [0.3, 0.4) is 0 Å². The normalized spacial score (nSPS) is 18.0. The number of pyridine rings is 1. The van der Waals surface area contributed by atoms with Crippen molar-refractivity contribution in [1.82, 2.24) is 10.3 Å². The molecule has 1 aliphatic rings. The zero-order valence-electron chi connectivity index (χ0n) is 11.7. The smallest absolute Gasteiger partial charge is 0.319 e. The van der Waals surface area contributed by atoms with Gasteiger partial charge in [0.25, 0.3) is 0 Å². The van der Waals surface area contributed by atoms with E-state index in [4.69, 9.17) is 5.11 Å². The lowest BCUT2D eigenvalue weighted by Gasteiger charge is -2.21. The summed E-state index contributed by atoms with van der Waals surface area (Å²) in [6.45, 7) is 0.668. The molecule has 6 nitrogen and oxygen atoms in total. The van der Waals surface area contributed by atoms with Crippen LogP contribution in [-0.2, 0) is 11.2 Å². The third kappa shape index (κ3) is 5.63. The van der Waals surface area contributed by atoms with Gasteiger partial charge in [0.15, 0.2) is 0 Å². The van der Waals surface area contributed by atoms with E-state index < -0.39 is 5.97 Å². The number of amides is 2. The SMILES string of the molecule is O=C(O)Cc1ccc(NC(=O)NCC2CCCCS2)cn1. The summed E-state index contributed by atoms with van der Waals surface area (Å²) in [5, 5.41) is 14.7. The second-order valence-corrected chi connectivity index (χ2v) is 6.34. The highest BCUT2D eigenvalue weighted by atomic mass is 32.2. The van der Waals surface area contributed by atoms with Gasteiger partial charge in [0, 0.05) is 11.8 Å². The number of carbonyl (C=O) groups is 2. The number of hydrogen-bond acceptors (Lipinski definition) is 4. The molecule has 1 fully saturated rings. The van der Waals surface area contributed by atoms with Crippen LogP contribution >= 0.6 is 11.8 Å². The van der Waals surface area contributed by atoms with Crippen molar-refractivity contribution in [3.8, 4) is 0 Å². The van der Waals surface area contributed by atoms with E-state index in [1.807, 2.05) is 11.8 Å². The van der Waals surface area contributed by atoms with Crippen LogP contribution in [0.15, 0.2) is 18.3 Å². The minimum absolute atomic E-state index is 0.120. The molecule has 0 saturated carbocycles. The summed E-state index contributed by atoms with van der Waals surface area (Å²) in [6, 6.07) is 3.00. The summed E-state index contributed by atoms with van der Waals surface area (Å²) in [7, 11) is 0. The van der Waals surface area contributed by atoms with Gasteiger partial charge in [-0.2, -0.15) is 11.8 Å². The molecular weight excluding hydrogens is 290 g/mol. The Balaban J connectivity index is 1.75. The number of hydrogen-bond donors (Lipinski definition) is 3. The summed E-state index contributed by atoms with van der Waals surface area (Å²) in [5.74, 6) is 0.245. The largest absolute Gasteiger partial charge is 0.481 e. The molecule has 2 heterocycles. The Bertz CT molecular complexity index is 487. The highest BCUT2D eigenvalue weighted by molar-refractivity contribution is 7.99. The summed E-state index contributed by atoms with van der Waals surface area (Å²) in [5.41, 5.74) is 1.02. The average molecular weight is 309 g/mol. The van der Waals surface area contributed by atoms with Gasteiger partial charge in [-0.1, -0.05) is 6.42 Å². The molecule has 2 rings (SSSR count). The van der Waals surface area contributed by atoms with Gasteiger partial charge in [-0.3, -0.25) is 9.78 Å². The van der Waals surface area contributed by atoms with Gasteiger partial charge < -0.3 is 15.7 Å². The van der Waals surface area contributed by atoms with Crippen molar-refractivity contribution in [1.29, 1.82) is 0 Å². The van der Waals surface area contributed by atoms with Gasteiger partial charge in [-0.15, -0.1) is 0 Å². The second kappa shape index (κ2) is 7.87. The lowest BCUT2D eigenvalue weighted by molar-refractivity contribution is -0.136. The molecule has 2 amide bonds. The fourth-order valence-corrected chi connectivity index (χ4v) is 3.35. The van der Waals surface area contributed by atoms with E-state index >= 15 is 0 Å². The molecular formula is C14H19N3O3S. The maximum Gasteiger partial charge on any atom is 0.319 e. The Morgan fingerprint density at radius 1 is 1.38 bits per heavy atom. The third-order valence-corrected chi connectivity index (χ3v) is 4.58. The predicted molar refractivity (Wildman–Crippen MR) is 82.7 cm³/mol. The quantitative estimate of drug-likeness (QED) is 0.775. The van der Waals surface area contributed by atoms with Crippen LogP contribution in [-0.4, -0.2) is 39.6 Å². The number of carboxylic acids is 1. The van der Waals surface area contributed by atoms with Crippen molar-refractivity contribution in [2.24, 2.45) is 0 Å². The molecule has 1 aromatic heterocycles. The molecule has 1 atom stereocenters. The van der Waals surface area contributed by atoms with Crippen molar-refractivity contribution in [3.63, 3.8) is 0 Å². The number of rotatable bonds is 5. The first-order chi connectivity index (χ1) is 10.1. The van der Waals surface area contributed by atoms with Crippen LogP contribution in [0.2, 0.25) is 0 Å². The zero-order valence-corrected chi connectivity index (χ0v) is 12.5. The molecule has 1 aliphatic heterocycles. The van der Waals surface area contributed by atoms with E-state index in [0.29, 0.717) is 23.2 Å².